The maximum Gasteiger partial charge on any atom is 0.240 e. The lowest BCUT2D eigenvalue weighted by molar-refractivity contribution is 0.588. The molecular formula is C16H20N2O2S. The molecular weight excluding hydrogens is 284 g/mol. The Labute approximate surface area is 126 Å². The Morgan fingerprint density at radius 2 is 1.62 bits per heavy atom. The molecule has 0 saturated heterocycles. The minimum absolute atomic E-state index is 0.151. The molecule has 0 amide bonds. The van der Waals surface area contributed by atoms with E-state index in [2.05, 4.69) is 36.0 Å². The van der Waals surface area contributed by atoms with E-state index < -0.39 is 10.0 Å². The summed E-state index contributed by atoms with van der Waals surface area (Å²) in [6.07, 6.45) is 0. The average molecular weight is 304 g/mol. The Morgan fingerprint density at radius 1 is 1.00 bits per heavy atom. The van der Waals surface area contributed by atoms with Gasteiger partial charge in [-0.3, -0.25) is 0 Å². The van der Waals surface area contributed by atoms with E-state index in [1.807, 2.05) is 12.1 Å². The number of hydrogen-bond acceptors (Lipinski definition) is 3. The Hall–Kier alpha value is -1.85. The first-order valence-corrected chi connectivity index (χ1v) is 8.28. The topological polar surface area (TPSA) is 58.2 Å². The van der Waals surface area contributed by atoms with Crippen LogP contribution in [0.25, 0.3) is 0 Å². The first kappa shape index (κ1) is 15.5. The van der Waals surface area contributed by atoms with E-state index in [0.717, 1.165) is 5.69 Å². The molecule has 0 saturated carbocycles. The zero-order chi connectivity index (χ0) is 15.5. The smallest absolute Gasteiger partial charge is 0.240 e. The first-order chi connectivity index (χ1) is 9.94. The zero-order valence-electron chi connectivity index (χ0n) is 12.4. The summed E-state index contributed by atoms with van der Waals surface area (Å²) in [5.41, 5.74) is 3.34. The molecule has 4 nitrogen and oxygen atoms in total. The van der Waals surface area contributed by atoms with Crippen LogP contribution in [0.15, 0.2) is 53.4 Å². The van der Waals surface area contributed by atoms with Crippen LogP contribution in [0.3, 0.4) is 0 Å². The summed E-state index contributed by atoms with van der Waals surface area (Å²) in [5, 5.41) is 3.38. The van der Waals surface area contributed by atoms with Gasteiger partial charge in [-0.1, -0.05) is 24.3 Å². The predicted octanol–water partition coefficient (Wildman–Crippen LogP) is 3.08. The van der Waals surface area contributed by atoms with Crippen LogP contribution in [0, 0.1) is 6.92 Å². The predicted molar refractivity (Wildman–Crippen MR) is 85.9 cm³/mol. The van der Waals surface area contributed by atoms with E-state index >= 15 is 0 Å². The van der Waals surface area contributed by atoms with Crippen molar-refractivity contribution in [1.29, 1.82) is 0 Å². The molecule has 0 aromatic heterocycles. The largest absolute Gasteiger partial charge is 0.379 e. The number of rotatable bonds is 5. The lowest BCUT2D eigenvalue weighted by Gasteiger charge is -2.18. The monoisotopic (exact) mass is 304 g/mol. The standard InChI is InChI=1S/C16H20N2O2S/c1-12-6-4-5-7-16(12)13(2)18-14-8-10-15(11-9-14)21(19,20)17-3/h4-11,13,17-18H,1-3H3. The lowest BCUT2D eigenvalue weighted by Crippen LogP contribution is -2.18. The maximum atomic E-state index is 11.7. The number of sulfonamides is 1. The second-order valence-corrected chi connectivity index (χ2v) is 6.84. The van der Waals surface area contributed by atoms with Gasteiger partial charge in [-0.15, -0.1) is 0 Å². The maximum absolute atomic E-state index is 11.7. The molecule has 2 aromatic rings. The first-order valence-electron chi connectivity index (χ1n) is 6.79. The van der Waals surface area contributed by atoms with Crippen molar-refractivity contribution >= 4 is 15.7 Å². The van der Waals surface area contributed by atoms with Crippen LogP contribution in [-0.2, 0) is 10.0 Å². The van der Waals surface area contributed by atoms with Gasteiger partial charge in [-0.05, 0) is 56.3 Å². The fourth-order valence-electron chi connectivity index (χ4n) is 2.25. The van der Waals surface area contributed by atoms with E-state index in [0.29, 0.717) is 0 Å². The molecule has 0 radical (unpaired) electrons. The molecule has 2 N–H and O–H groups in total. The Kier molecular flexibility index (Phi) is 4.65. The van der Waals surface area contributed by atoms with Crippen molar-refractivity contribution in [1.82, 2.24) is 4.72 Å². The molecule has 0 fully saturated rings. The van der Waals surface area contributed by atoms with E-state index in [-0.39, 0.29) is 10.9 Å². The van der Waals surface area contributed by atoms with Crippen LogP contribution in [0.4, 0.5) is 5.69 Å². The number of anilines is 1. The Morgan fingerprint density at radius 3 is 2.19 bits per heavy atom. The fourth-order valence-corrected chi connectivity index (χ4v) is 2.98. The van der Waals surface area contributed by atoms with Gasteiger partial charge in [-0.25, -0.2) is 13.1 Å². The van der Waals surface area contributed by atoms with Gasteiger partial charge in [-0.2, -0.15) is 0 Å². The molecule has 0 aliphatic carbocycles. The Balaban J connectivity index is 2.16. The molecule has 0 spiro atoms. The highest BCUT2D eigenvalue weighted by Gasteiger charge is 2.11. The van der Waals surface area contributed by atoms with Crippen LogP contribution in [0.5, 0.6) is 0 Å². The van der Waals surface area contributed by atoms with E-state index in [1.54, 1.807) is 24.3 Å². The Bertz CT molecular complexity index is 709. The van der Waals surface area contributed by atoms with Gasteiger partial charge < -0.3 is 5.32 Å². The van der Waals surface area contributed by atoms with Crippen molar-refractivity contribution in [2.45, 2.75) is 24.8 Å². The number of benzene rings is 2. The summed E-state index contributed by atoms with van der Waals surface area (Å²) < 4.78 is 25.6. The minimum atomic E-state index is -3.38. The summed E-state index contributed by atoms with van der Waals surface area (Å²) in [7, 11) is -1.98. The van der Waals surface area contributed by atoms with Crippen molar-refractivity contribution in [3.8, 4) is 0 Å². The minimum Gasteiger partial charge on any atom is -0.379 e. The van der Waals surface area contributed by atoms with Crippen molar-refractivity contribution in [2.75, 3.05) is 12.4 Å². The zero-order valence-corrected chi connectivity index (χ0v) is 13.2. The van der Waals surface area contributed by atoms with Crippen LogP contribution >= 0.6 is 0 Å². The van der Waals surface area contributed by atoms with Gasteiger partial charge in [0.2, 0.25) is 10.0 Å². The van der Waals surface area contributed by atoms with Crippen LogP contribution in [-0.4, -0.2) is 15.5 Å². The van der Waals surface area contributed by atoms with Gasteiger partial charge in [0.05, 0.1) is 4.90 Å². The molecule has 0 aliphatic heterocycles. The highest BCUT2D eigenvalue weighted by atomic mass is 32.2. The molecule has 2 aromatic carbocycles. The third-order valence-electron chi connectivity index (χ3n) is 3.47. The molecule has 0 aliphatic rings. The summed E-state index contributed by atoms with van der Waals surface area (Å²) in [6.45, 7) is 4.16. The van der Waals surface area contributed by atoms with Gasteiger partial charge >= 0.3 is 0 Å². The molecule has 2 rings (SSSR count). The third-order valence-corrected chi connectivity index (χ3v) is 4.90. The number of aryl methyl sites for hydroxylation is 1. The van der Waals surface area contributed by atoms with Gasteiger partial charge in [0.25, 0.3) is 0 Å². The van der Waals surface area contributed by atoms with E-state index in [1.165, 1.54) is 18.2 Å². The summed E-state index contributed by atoms with van der Waals surface area (Å²) in [5.74, 6) is 0. The molecule has 1 unspecified atom stereocenters. The normalized spacial score (nSPS) is 12.9. The fraction of sp³-hybridized carbons (Fsp3) is 0.250. The summed E-state index contributed by atoms with van der Waals surface area (Å²) in [4.78, 5) is 0.263. The second-order valence-electron chi connectivity index (χ2n) is 4.95. The highest BCUT2D eigenvalue weighted by Crippen LogP contribution is 2.22. The number of nitrogens with one attached hydrogen (secondary N) is 2. The summed E-state index contributed by atoms with van der Waals surface area (Å²) >= 11 is 0. The van der Waals surface area contributed by atoms with Crippen molar-refractivity contribution < 1.29 is 8.42 Å². The molecule has 0 heterocycles. The molecule has 1 atom stereocenters. The van der Waals surface area contributed by atoms with Gasteiger partial charge in [0.15, 0.2) is 0 Å². The van der Waals surface area contributed by atoms with Crippen molar-refractivity contribution in [2.24, 2.45) is 0 Å². The highest BCUT2D eigenvalue weighted by molar-refractivity contribution is 7.89. The SMILES string of the molecule is CNS(=O)(=O)c1ccc(NC(C)c2ccccc2C)cc1. The van der Waals surface area contributed by atoms with Crippen molar-refractivity contribution in [3.63, 3.8) is 0 Å². The number of hydrogen-bond donors (Lipinski definition) is 2. The van der Waals surface area contributed by atoms with E-state index in [9.17, 15) is 8.42 Å². The second kappa shape index (κ2) is 6.28. The van der Waals surface area contributed by atoms with Crippen molar-refractivity contribution in [3.05, 3.63) is 59.7 Å². The summed E-state index contributed by atoms with van der Waals surface area (Å²) in [6, 6.07) is 15.1. The van der Waals surface area contributed by atoms with E-state index in [4.69, 9.17) is 0 Å². The van der Waals surface area contributed by atoms with Gasteiger partial charge in [0, 0.05) is 11.7 Å². The third kappa shape index (κ3) is 3.62. The molecule has 112 valence electrons. The molecule has 5 heteroatoms. The lowest BCUT2D eigenvalue weighted by atomic mass is 10.0. The van der Waals surface area contributed by atoms with Gasteiger partial charge in [0.1, 0.15) is 0 Å². The molecule has 21 heavy (non-hydrogen) atoms. The van der Waals surface area contributed by atoms with Crippen LogP contribution < -0.4 is 10.0 Å². The molecule has 0 bridgehead atoms. The van der Waals surface area contributed by atoms with Crippen LogP contribution in [0.1, 0.15) is 24.1 Å². The van der Waals surface area contributed by atoms with Crippen LogP contribution in [0.2, 0.25) is 0 Å². The quantitative estimate of drug-likeness (QED) is 0.892. The average Bonchev–Trinajstić information content (AvgIpc) is 2.48.